The predicted octanol–water partition coefficient (Wildman–Crippen LogP) is 4.39. The minimum atomic E-state index is -4.63. The number of nitrogens with one attached hydrogen (secondary N) is 1. The van der Waals surface area contributed by atoms with Crippen LogP contribution in [0.15, 0.2) is 24.3 Å². The molecule has 0 radical (unpaired) electrons. The number of thiophene rings is 1. The Morgan fingerprint density at radius 2 is 1.94 bits per heavy atom. The van der Waals surface area contributed by atoms with Crippen molar-refractivity contribution in [2.24, 2.45) is 0 Å². The highest BCUT2D eigenvalue weighted by molar-refractivity contribution is 7.15. The third-order valence-electron chi connectivity index (χ3n) is 6.65. The highest BCUT2D eigenvalue weighted by atomic mass is 32.1. The molecule has 2 atom stereocenters. The van der Waals surface area contributed by atoms with Crippen molar-refractivity contribution in [3.05, 3.63) is 40.5 Å². The average molecular weight is 464 g/mol. The van der Waals surface area contributed by atoms with Crippen LogP contribution in [0.25, 0.3) is 16.2 Å². The lowest BCUT2D eigenvalue weighted by Crippen LogP contribution is -2.48. The number of carbonyl (C=O) groups is 1. The smallest absolute Gasteiger partial charge is 0.348 e. The van der Waals surface area contributed by atoms with Gasteiger partial charge in [-0.15, -0.1) is 11.3 Å². The lowest BCUT2D eigenvalue weighted by molar-refractivity contribution is -0.142. The van der Waals surface area contributed by atoms with E-state index in [1.54, 1.807) is 6.07 Å². The second-order valence-corrected chi connectivity index (χ2v) is 9.80. The molecule has 170 valence electrons. The molecule has 1 N–H and O–H groups in total. The van der Waals surface area contributed by atoms with Gasteiger partial charge in [-0.05, 0) is 57.4 Å². The van der Waals surface area contributed by atoms with Crippen LogP contribution in [-0.2, 0) is 12.6 Å². The lowest BCUT2D eigenvalue weighted by Gasteiger charge is -2.36. The number of carbonyl (C=O) groups excluding carboxylic acids is 1. The molecule has 6 nitrogen and oxygen atoms in total. The van der Waals surface area contributed by atoms with E-state index in [9.17, 15) is 18.0 Å². The van der Waals surface area contributed by atoms with E-state index in [1.165, 1.54) is 17.4 Å². The standard InChI is InChI=1S/C22H24F3N5OS/c1-3-15-6-7-18(32-15)16-10-19(22(23,24)25)30-20(27-16)11-17(28-30)21(31)26-12-8-13-4-5-14(9-12)29(13)2/h6-7,10-14H,3-5,8-9H2,1-2H3,(H,26,31). The molecule has 0 aromatic carbocycles. The van der Waals surface area contributed by atoms with E-state index in [2.05, 4.69) is 27.3 Å². The topological polar surface area (TPSA) is 62.5 Å². The maximum absolute atomic E-state index is 13.8. The summed E-state index contributed by atoms with van der Waals surface area (Å²) in [6.45, 7) is 1.99. The molecule has 0 spiro atoms. The summed E-state index contributed by atoms with van der Waals surface area (Å²) < 4.78 is 42.1. The van der Waals surface area contributed by atoms with Crippen molar-refractivity contribution in [1.82, 2.24) is 24.8 Å². The van der Waals surface area contributed by atoms with E-state index in [1.807, 2.05) is 13.0 Å². The van der Waals surface area contributed by atoms with Crippen LogP contribution in [0, 0.1) is 0 Å². The Labute approximate surface area is 187 Å². The van der Waals surface area contributed by atoms with Crippen molar-refractivity contribution < 1.29 is 18.0 Å². The van der Waals surface area contributed by atoms with Crippen molar-refractivity contribution in [3.63, 3.8) is 0 Å². The SMILES string of the molecule is CCc1ccc(-c2cc(C(F)(F)F)n3nc(C(=O)NC4CC5CCC(C4)N5C)cc3n2)s1. The molecule has 5 heterocycles. The number of halogens is 3. The molecule has 32 heavy (non-hydrogen) atoms. The predicted molar refractivity (Wildman–Crippen MR) is 116 cm³/mol. The van der Waals surface area contributed by atoms with Crippen LogP contribution in [0.1, 0.15) is 53.7 Å². The second-order valence-electron chi connectivity index (χ2n) is 8.64. The summed E-state index contributed by atoms with van der Waals surface area (Å²) in [7, 11) is 2.11. The molecule has 2 aliphatic rings. The van der Waals surface area contributed by atoms with Gasteiger partial charge in [-0.3, -0.25) is 4.79 Å². The summed E-state index contributed by atoms with van der Waals surface area (Å²) in [5, 5.41) is 6.97. The number of hydrogen-bond donors (Lipinski definition) is 1. The highest BCUT2D eigenvalue weighted by Crippen LogP contribution is 2.36. The molecular formula is C22H24F3N5OS. The summed E-state index contributed by atoms with van der Waals surface area (Å²) in [5.74, 6) is -0.455. The first kappa shape index (κ1) is 21.4. The number of alkyl halides is 3. The zero-order chi connectivity index (χ0) is 22.6. The first-order chi connectivity index (χ1) is 15.2. The first-order valence-corrected chi connectivity index (χ1v) is 11.6. The molecule has 2 bridgehead atoms. The van der Waals surface area contributed by atoms with Crippen LogP contribution in [-0.4, -0.2) is 50.6 Å². The molecule has 1 amide bonds. The Morgan fingerprint density at radius 3 is 2.56 bits per heavy atom. The van der Waals surface area contributed by atoms with Crippen molar-refractivity contribution in [1.29, 1.82) is 0 Å². The number of amides is 1. The third-order valence-corrected chi connectivity index (χ3v) is 7.90. The van der Waals surface area contributed by atoms with Crippen molar-refractivity contribution in [2.45, 2.75) is 63.3 Å². The van der Waals surface area contributed by atoms with Gasteiger partial charge in [-0.25, -0.2) is 9.50 Å². The minimum absolute atomic E-state index is 0.00482. The number of nitrogens with zero attached hydrogens (tertiary/aromatic N) is 4. The fraction of sp³-hybridized carbons (Fsp3) is 0.500. The number of fused-ring (bicyclic) bond motifs is 3. The molecule has 2 aliphatic heterocycles. The summed E-state index contributed by atoms with van der Waals surface area (Å²) in [6, 6.07) is 6.91. The van der Waals surface area contributed by atoms with E-state index in [4.69, 9.17) is 0 Å². The number of piperidine rings is 1. The molecule has 2 fully saturated rings. The van der Waals surface area contributed by atoms with Crippen LogP contribution in [0.5, 0.6) is 0 Å². The van der Waals surface area contributed by atoms with Gasteiger partial charge in [0.05, 0.1) is 10.6 Å². The first-order valence-electron chi connectivity index (χ1n) is 10.8. The Morgan fingerprint density at radius 1 is 1.22 bits per heavy atom. The van der Waals surface area contributed by atoms with Gasteiger partial charge in [-0.2, -0.15) is 18.3 Å². The van der Waals surface area contributed by atoms with Gasteiger partial charge in [0.15, 0.2) is 17.0 Å². The Balaban J connectivity index is 1.46. The minimum Gasteiger partial charge on any atom is -0.348 e. The second kappa shape index (κ2) is 7.84. The number of aryl methyl sites for hydroxylation is 1. The largest absolute Gasteiger partial charge is 0.433 e. The van der Waals surface area contributed by atoms with Gasteiger partial charge in [0, 0.05) is 29.1 Å². The summed E-state index contributed by atoms with van der Waals surface area (Å²) >= 11 is 1.41. The Hall–Kier alpha value is -2.46. The summed E-state index contributed by atoms with van der Waals surface area (Å²) in [6.07, 6.45) is 0.0985. The van der Waals surface area contributed by atoms with E-state index in [0.717, 1.165) is 47.6 Å². The van der Waals surface area contributed by atoms with Crippen LogP contribution < -0.4 is 5.32 Å². The molecule has 2 saturated heterocycles. The highest BCUT2D eigenvalue weighted by Gasteiger charge is 2.39. The maximum atomic E-state index is 13.8. The molecule has 3 aromatic heterocycles. The average Bonchev–Trinajstić information content (AvgIpc) is 3.43. The van der Waals surface area contributed by atoms with Gasteiger partial charge < -0.3 is 10.2 Å². The van der Waals surface area contributed by atoms with Crippen LogP contribution in [0.4, 0.5) is 13.2 Å². The van der Waals surface area contributed by atoms with Crippen LogP contribution in [0.2, 0.25) is 0 Å². The monoisotopic (exact) mass is 463 g/mol. The van der Waals surface area contributed by atoms with Crippen molar-refractivity contribution in [3.8, 4) is 10.6 Å². The Bertz CT molecular complexity index is 1160. The zero-order valence-electron chi connectivity index (χ0n) is 17.8. The molecule has 10 heteroatoms. The molecule has 0 aliphatic carbocycles. The molecule has 0 saturated carbocycles. The van der Waals surface area contributed by atoms with Gasteiger partial charge in [0.25, 0.3) is 5.91 Å². The summed E-state index contributed by atoms with van der Waals surface area (Å²) in [4.78, 5) is 21.3. The van der Waals surface area contributed by atoms with Gasteiger partial charge in [0.1, 0.15) is 0 Å². The molecular weight excluding hydrogens is 439 g/mol. The van der Waals surface area contributed by atoms with E-state index in [0.29, 0.717) is 17.0 Å². The number of aromatic nitrogens is 3. The lowest BCUT2D eigenvalue weighted by atomic mass is 9.98. The van der Waals surface area contributed by atoms with Crippen molar-refractivity contribution in [2.75, 3.05) is 7.05 Å². The molecule has 5 rings (SSSR count). The van der Waals surface area contributed by atoms with Crippen LogP contribution >= 0.6 is 11.3 Å². The van der Waals surface area contributed by atoms with E-state index >= 15 is 0 Å². The third kappa shape index (κ3) is 3.79. The fourth-order valence-corrected chi connectivity index (χ4v) is 5.82. The normalized spacial score (nSPS) is 23.7. The van der Waals surface area contributed by atoms with Gasteiger partial charge in [-0.1, -0.05) is 6.92 Å². The maximum Gasteiger partial charge on any atom is 0.433 e. The quantitative estimate of drug-likeness (QED) is 0.623. The number of hydrogen-bond acceptors (Lipinski definition) is 5. The van der Waals surface area contributed by atoms with E-state index in [-0.39, 0.29) is 23.1 Å². The zero-order valence-corrected chi connectivity index (χ0v) is 18.6. The van der Waals surface area contributed by atoms with Gasteiger partial charge in [0.2, 0.25) is 0 Å². The Kier molecular flexibility index (Phi) is 5.24. The van der Waals surface area contributed by atoms with Gasteiger partial charge >= 0.3 is 6.18 Å². The number of rotatable bonds is 4. The molecule has 2 unspecified atom stereocenters. The van der Waals surface area contributed by atoms with Crippen LogP contribution in [0.3, 0.4) is 0 Å². The van der Waals surface area contributed by atoms with Crippen molar-refractivity contribution >= 4 is 22.9 Å². The molecule has 3 aromatic rings. The van der Waals surface area contributed by atoms with E-state index < -0.39 is 17.8 Å². The summed E-state index contributed by atoms with van der Waals surface area (Å²) in [5.41, 5.74) is -0.754. The fourth-order valence-electron chi connectivity index (χ4n) is 4.91.